The van der Waals surface area contributed by atoms with E-state index in [1.165, 1.54) is 5.56 Å². The van der Waals surface area contributed by atoms with E-state index < -0.39 is 0 Å². The summed E-state index contributed by atoms with van der Waals surface area (Å²) < 4.78 is 0. The summed E-state index contributed by atoms with van der Waals surface area (Å²) in [5.41, 5.74) is 7.94. The highest BCUT2D eigenvalue weighted by Crippen LogP contribution is 2.05. The lowest BCUT2D eigenvalue weighted by Gasteiger charge is -1.97. The first-order chi connectivity index (χ1) is 9.27. The van der Waals surface area contributed by atoms with Gasteiger partial charge in [0.05, 0.1) is 0 Å². The van der Waals surface area contributed by atoms with Gasteiger partial charge in [0, 0.05) is 18.6 Å². The fraction of sp³-hybridized carbons (Fsp3) is 0.375. The fourth-order valence-corrected chi connectivity index (χ4v) is 1.36. The van der Waals surface area contributed by atoms with Crippen molar-refractivity contribution >= 4 is 5.82 Å². The quantitative estimate of drug-likeness (QED) is 0.890. The van der Waals surface area contributed by atoms with E-state index in [1.54, 1.807) is 12.4 Å². The Morgan fingerprint density at radius 1 is 1.00 bits per heavy atom. The van der Waals surface area contributed by atoms with Crippen molar-refractivity contribution in [1.29, 1.82) is 0 Å². The molecule has 19 heavy (non-hydrogen) atoms. The van der Waals surface area contributed by atoms with Crippen LogP contribution in [0.1, 0.15) is 38.8 Å². The van der Waals surface area contributed by atoms with Crippen LogP contribution in [-0.2, 0) is 12.8 Å². The van der Waals surface area contributed by atoms with Crippen molar-refractivity contribution in [3.63, 3.8) is 0 Å². The van der Waals surface area contributed by atoms with Gasteiger partial charge in [-0.1, -0.05) is 39.8 Å². The minimum Gasteiger partial charge on any atom is -0.383 e. The van der Waals surface area contributed by atoms with E-state index in [4.69, 9.17) is 5.73 Å². The van der Waals surface area contributed by atoms with Crippen molar-refractivity contribution in [3.05, 3.63) is 54.0 Å². The average molecular weight is 259 g/mol. The zero-order valence-corrected chi connectivity index (χ0v) is 12.4. The summed E-state index contributed by atoms with van der Waals surface area (Å²) in [5.74, 6) is 0.653. The SMILES string of the molecule is CC.CCc1cccnc1.CCc1cccnc1N. The van der Waals surface area contributed by atoms with Gasteiger partial charge < -0.3 is 5.73 Å². The Bertz CT molecular complexity index is 427. The Morgan fingerprint density at radius 3 is 2.05 bits per heavy atom. The van der Waals surface area contributed by atoms with Crippen LogP contribution in [0.5, 0.6) is 0 Å². The van der Waals surface area contributed by atoms with E-state index in [0.717, 1.165) is 18.4 Å². The van der Waals surface area contributed by atoms with Crippen molar-refractivity contribution in [2.75, 3.05) is 5.73 Å². The van der Waals surface area contributed by atoms with E-state index in [0.29, 0.717) is 5.82 Å². The van der Waals surface area contributed by atoms with E-state index in [1.807, 2.05) is 38.2 Å². The summed E-state index contributed by atoms with van der Waals surface area (Å²) in [4.78, 5) is 7.88. The number of aromatic nitrogens is 2. The molecule has 2 rings (SSSR count). The number of rotatable bonds is 2. The second kappa shape index (κ2) is 11.2. The fourth-order valence-electron chi connectivity index (χ4n) is 1.36. The summed E-state index contributed by atoms with van der Waals surface area (Å²) in [6.45, 7) is 8.18. The molecule has 0 spiro atoms. The molecule has 104 valence electrons. The zero-order chi connectivity index (χ0) is 14.5. The largest absolute Gasteiger partial charge is 0.383 e. The lowest BCUT2D eigenvalue weighted by molar-refractivity contribution is 1.10. The third-order valence-electron chi connectivity index (χ3n) is 2.44. The van der Waals surface area contributed by atoms with Gasteiger partial charge in [-0.15, -0.1) is 0 Å². The van der Waals surface area contributed by atoms with Gasteiger partial charge in [0.2, 0.25) is 0 Å². The summed E-state index contributed by atoms with van der Waals surface area (Å²) in [6, 6.07) is 7.92. The molecule has 0 amide bonds. The highest BCUT2D eigenvalue weighted by atomic mass is 14.8. The first kappa shape index (κ1) is 17.1. The van der Waals surface area contributed by atoms with Crippen LogP contribution in [0.2, 0.25) is 0 Å². The highest BCUT2D eigenvalue weighted by molar-refractivity contribution is 5.37. The zero-order valence-electron chi connectivity index (χ0n) is 12.4. The number of pyridine rings is 2. The van der Waals surface area contributed by atoms with Crippen molar-refractivity contribution < 1.29 is 0 Å². The van der Waals surface area contributed by atoms with Crippen molar-refractivity contribution in [1.82, 2.24) is 9.97 Å². The predicted molar refractivity (Wildman–Crippen MR) is 83.0 cm³/mol. The van der Waals surface area contributed by atoms with Gasteiger partial charge in [-0.05, 0) is 36.1 Å². The summed E-state index contributed by atoms with van der Waals surface area (Å²) in [7, 11) is 0. The van der Waals surface area contributed by atoms with Gasteiger partial charge in [0.25, 0.3) is 0 Å². The molecule has 0 bridgehead atoms. The van der Waals surface area contributed by atoms with Crippen LogP contribution in [0.25, 0.3) is 0 Å². The van der Waals surface area contributed by atoms with Crippen LogP contribution in [-0.4, -0.2) is 9.97 Å². The molecule has 0 saturated carbocycles. The lowest BCUT2D eigenvalue weighted by Crippen LogP contribution is -1.94. The van der Waals surface area contributed by atoms with Gasteiger partial charge in [-0.3, -0.25) is 4.98 Å². The summed E-state index contributed by atoms with van der Waals surface area (Å²) in [6.07, 6.45) is 7.42. The maximum Gasteiger partial charge on any atom is 0.126 e. The van der Waals surface area contributed by atoms with Crippen molar-refractivity contribution in [2.45, 2.75) is 40.5 Å². The van der Waals surface area contributed by atoms with Crippen molar-refractivity contribution in [3.8, 4) is 0 Å². The number of hydrogen-bond acceptors (Lipinski definition) is 3. The van der Waals surface area contributed by atoms with Gasteiger partial charge >= 0.3 is 0 Å². The Hall–Kier alpha value is -1.90. The van der Waals surface area contributed by atoms with Crippen LogP contribution in [0, 0.1) is 0 Å². The third-order valence-corrected chi connectivity index (χ3v) is 2.44. The minimum absolute atomic E-state index is 0.653. The van der Waals surface area contributed by atoms with E-state index in [9.17, 15) is 0 Å². The first-order valence-corrected chi connectivity index (χ1v) is 6.86. The summed E-state index contributed by atoms with van der Waals surface area (Å²) in [5, 5.41) is 0. The molecule has 0 atom stereocenters. The topological polar surface area (TPSA) is 51.8 Å². The van der Waals surface area contributed by atoms with Crippen LogP contribution < -0.4 is 5.73 Å². The smallest absolute Gasteiger partial charge is 0.126 e. The molecule has 0 aliphatic rings. The second-order valence-corrected chi connectivity index (χ2v) is 3.62. The Labute approximate surface area is 116 Å². The maximum absolute atomic E-state index is 5.52. The normalized spacial score (nSPS) is 8.63. The van der Waals surface area contributed by atoms with Gasteiger partial charge in [0.15, 0.2) is 0 Å². The number of nitrogens with two attached hydrogens (primary N) is 1. The van der Waals surface area contributed by atoms with Crippen molar-refractivity contribution in [2.24, 2.45) is 0 Å². The standard InChI is InChI=1S/C7H10N2.C7H9N.C2H6/c1-2-6-4-3-5-9-7(6)8;1-2-7-4-3-5-8-6-7;1-2/h3-5H,2H2,1H3,(H2,8,9);3-6H,2H2,1H3;1-2H3. The Morgan fingerprint density at radius 2 is 1.68 bits per heavy atom. The molecule has 2 N–H and O–H groups in total. The molecule has 3 nitrogen and oxygen atoms in total. The summed E-state index contributed by atoms with van der Waals surface area (Å²) >= 11 is 0. The Balaban J connectivity index is 0.000000303. The molecule has 0 unspecified atom stereocenters. The van der Waals surface area contributed by atoms with E-state index >= 15 is 0 Å². The molecule has 2 aromatic heterocycles. The highest BCUT2D eigenvalue weighted by Gasteiger charge is 1.91. The van der Waals surface area contributed by atoms with E-state index in [2.05, 4.69) is 29.9 Å². The van der Waals surface area contributed by atoms with Crippen LogP contribution in [0.4, 0.5) is 5.82 Å². The maximum atomic E-state index is 5.52. The number of nitrogens with zero attached hydrogens (tertiary/aromatic N) is 2. The molecule has 2 aromatic rings. The average Bonchev–Trinajstić information content (AvgIpc) is 2.51. The van der Waals surface area contributed by atoms with Gasteiger partial charge in [-0.25, -0.2) is 4.98 Å². The molecule has 0 aliphatic carbocycles. The molecular formula is C16H25N3. The minimum atomic E-state index is 0.653. The number of anilines is 1. The molecule has 0 aromatic carbocycles. The molecule has 0 aliphatic heterocycles. The van der Waals surface area contributed by atoms with Gasteiger partial charge in [-0.2, -0.15) is 0 Å². The first-order valence-electron chi connectivity index (χ1n) is 6.86. The Kier molecular flexibility index (Phi) is 10.1. The second-order valence-electron chi connectivity index (χ2n) is 3.62. The lowest BCUT2D eigenvalue weighted by atomic mass is 10.2. The van der Waals surface area contributed by atoms with Crippen LogP contribution >= 0.6 is 0 Å². The monoisotopic (exact) mass is 259 g/mol. The molecule has 0 saturated heterocycles. The molecule has 3 heteroatoms. The van der Waals surface area contributed by atoms with Crippen LogP contribution in [0.3, 0.4) is 0 Å². The number of nitrogen functional groups attached to an aromatic ring is 1. The molecule has 2 heterocycles. The molecule has 0 fully saturated rings. The predicted octanol–water partition coefficient (Wildman–Crippen LogP) is 3.90. The number of hydrogen-bond donors (Lipinski definition) is 1. The molecular weight excluding hydrogens is 234 g/mol. The third kappa shape index (κ3) is 7.19. The number of aryl methyl sites for hydroxylation is 2. The van der Waals surface area contributed by atoms with Crippen LogP contribution in [0.15, 0.2) is 42.9 Å². The van der Waals surface area contributed by atoms with Gasteiger partial charge in [0.1, 0.15) is 5.82 Å². The molecule has 0 radical (unpaired) electrons. The van der Waals surface area contributed by atoms with E-state index in [-0.39, 0.29) is 0 Å².